The summed E-state index contributed by atoms with van der Waals surface area (Å²) in [6, 6.07) is 15.9. The molecule has 33 heavy (non-hydrogen) atoms. The van der Waals surface area contributed by atoms with Crippen molar-refractivity contribution in [3.05, 3.63) is 89.0 Å². The first kappa shape index (κ1) is 20.6. The third kappa shape index (κ3) is 4.00. The summed E-state index contributed by atoms with van der Waals surface area (Å²) < 4.78 is 5.47. The van der Waals surface area contributed by atoms with Crippen molar-refractivity contribution in [1.82, 2.24) is 39.3 Å². The molecule has 4 heterocycles. The molecule has 166 valence electrons. The molecule has 0 amide bonds. The van der Waals surface area contributed by atoms with E-state index in [-0.39, 0.29) is 5.69 Å². The zero-order valence-corrected chi connectivity index (χ0v) is 18.5. The van der Waals surface area contributed by atoms with Crippen LogP contribution in [-0.2, 0) is 20.0 Å². The highest BCUT2D eigenvalue weighted by atomic mass is 16.1. The maximum absolute atomic E-state index is 13.3. The molecule has 0 atom stereocenters. The van der Waals surface area contributed by atoms with E-state index >= 15 is 0 Å². The van der Waals surface area contributed by atoms with Crippen molar-refractivity contribution in [3.63, 3.8) is 0 Å². The number of imidazole rings is 1. The van der Waals surface area contributed by atoms with Crippen LogP contribution in [0.15, 0.2) is 71.9 Å². The van der Waals surface area contributed by atoms with Gasteiger partial charge in [0.05, 0.1) is 12.2 Å². The highest BCUT2D eigenvalue weighted by Crippen LogP contribution is 2.24. The Balaban J connectivity index is 1.50. The smallest absolute Gasteiger partial charge is 0.334 e. The van der Waals surface area contributed by atoms with Gasteiger partial charge in [-0.15, -0.1) is 5.10 Å². The summed E-state index contributed by atoms with van der Waals surface area (Å²) in [5.41, 5.74) is 4.69. The first-order chi connectivity index (χ1) is 16.1. The average molecular weight is 441 g/mol. The molecule has 0 aliphatic carbocycles. The summed E-state index contributed by atoms with van der Waals surface area (Å²) in [7, 11) is 1.94. The fraction of sp³-hybridized carbons (Fsp3) is 0.208. The van der Waals surface area contributed by atoms with Crippen LogP contribution in [0.5, 0.6) is 0 Å². The molecule has 1 N–H and O–H groups in total. The number of hydrogen-bond acceptors (Lipinski definition) is 5. The van der Waals surface area contributed by atoms with Crippen LogP contribution in [0.3, 0.4) is 0 Å². The summed E-state index contributed by atoms with van der Waals surface area (Å²) in [6.45, 7) is 2.52. The van der Waals surface area contributed by atoms with Crippen molar-refractivity contribution in [3.8, 4) is 28.3 Å². The molecule has 0 unspecified atom stereocenters. The number of tetrazole rings is 1. The molecule has 9 nitrogen and oxygen atoms in total. The van der Waals surface area contributed by atoms with Gasteiger partial charge in [-0.25, -0.2) is 9.89 Å². The second kappa shape index (κ2) is 8.70. The lowest BCUT2D eigenvalue weighted by molar-refractivity contribution is 0.675. The van der Waals surface area contributed by atoms with Gasteiger partial charge in [-0.1, -0.05) is 31.5 Å². The number of nitrogens with one attached hydrogen (secondary N) is 1. The van der Waals surface area contributed by atoms with E-state index in [1.807, 2.05) is 77.1 Å². The van der Waals surface area contributed by atoms with Crippen molar-refractivity contribution >= 4 is 0 Å². The van der Waals surface area contributed by atoms with E-state index in [0.29, 0.717) is 12.4 Å². The minimum atomic E-state index is -0.0627. The quantitative estimate of drug-likeness (QED) is 0.419. The monoisotopic (exact) mass is 440 g/mol. The van der Waals surface area contributed by atoms with E-state index in [1.165, 1.54) is 0 Å². The third-order valence-corrected chi connectivity index (χ3v) is 5.68. The average Bonchev–Trinajstić information content (AvgIpc) is 3.58. The van der Waals surface area contributed by atoms with E-state index in [0.717, 1.165) is 46.7 Å². The molecule has 0 saturated carbocycles. The lowest BCUT2D eigenvalue weighted by atomic mass is 10.0. The Morgan fingerprint density at radius 3 is 2.64 bits per heavy atom. The van der Waals surface area contributed by atoms with Gasteiger partial charge >= 0.3 is 5.69 Å². The Morgan fingerprint density at radius 1 is 1.03 bits per heavy atom. The van der Waals surface area contributed by atoms with E-state index in [2.05, 4.69) is 32.5 Å². The van der Waals surface area contributed by atoms with Crippen LogP contribution in [0.2, 0.25) is 0 Å². The van der Waals surface area contributed by atoms with Crippen molar-refractivity contribution in [2.45, 2.75) is 26.3 Å². The number of hydrogen-bond donors (Lipinski definition) is 1. The molecule has 9 heteroatoms. The summed E-state index contributed by atoms with van der Waals surface area (Å²) in [5.74, 6) is 1.46. The number of H-pyrrole nitrogens is 1. The number of aryl methyl sites for hydroxylation is 2. The maximum atomic E-state index is 13.3. The third-order valence-electron chi connectivity index (χ3n) is 5.68. The topological polar surface area (TPSA) is 99.2 Å². The maximum Gasteiger partial charge on any atom is 0.334 e. The van der Waals surface area contributed by atoms with Gasteiger partial charge in [0.2, 0.25) is 0 Å². The minimum absolute atomic E-state index is 0.0627. The van der Waals surface area contributed by atoms with Crippen LogP contribution in [0.1, 0.15) is 24.7 Å². The number of benzene rings is 1. The SMILES string of the molecule is CCCc1cn(-c2cccn2C)c(=O)n1Cc1cc(-c2cccc(-c3nnn[nH]3)c2)ccn1. The second-order valence-electron chi connectivity index (χ2n) is 7.95. The fourth-order valence-corrected chi connectivity index (χ4v) is 4.05. The van der Waals surface area contributed by atoms with Crippen LogP contribution in [0.25, 0.3) is 28.3 Å². The molecule has 0 aliphatic rings. The molecule has 0 bridgehead atoms. The van der Waals surface area contributed by atoms with Gasteiger partial charge in [-0.05, 0) is 58.3 Å². The Bertz CT molecular complexity index is 1440. The van der Waals surface area contributed by atoms with Crippen LogP contribution in [-0.4, -0.2) is 39.3 Å². The molecule has 5 rings (SSSR count). The lowest BCUT2D eigenvalue weighted by Gasteiger charge is -2.09. The van der Waals surface area contributed by atoms with Crippen LogP contribution in [0.4, 0.5) is 0 Å². The molecule has 0 fully saturated rings. The standard InChI is InChI=1S/C24H24N8O/c1-3-6-21-16-32(22-9-5-12-30(22)2)24(33)31(21)15-20-14-18(10-11-25-20)17-7-4-8-19(13-17)23-26-28-29-27-23/h4-5,7-14,16H,3,6,15H2,1-2H3,(H,26,27,28,29). The van der Waals surface area contributed by atoms with Gasteiger partial charge in [0.1, 0.15) is 5.82 Å². The predicted octanol–water partition coefficient (Wildman–Crippen LogP) is 3.22. The Kier molecular flexibility index (Phi) is 5.43. The van der Waals surface area contributed by atoms with Gasteiger partial charge in [-0.2, -0.15) is 0 Å². The molecule has 5 aromatic rings. The predicted molar refractivity (Wildman–Crippen MR) is 125 cm³/mol. The number of pyridine rings is 1. The van der Waals surface area contributed by atoms with E-state index in [4.69, 9.17) is 0 Å². The Hall–Kier alpha value is -4.27. The first-order valence-electron chi connectivity index (χ1n) is 10.9. The normalized spacial score (nSPS) is 11.2. The lowest BCUT2D eigenvalue weighted by Crippen LogP contribution is -2.26. The molecule has 0 spiro atoms. The number of aromatic nitrogens is 8. The van der Waals surface area contributed by atoms with Crippen molar-refractivity contribution in [2.75, 3.05) is 0 Å². The molecular formula is C24H24N8O. The van der Waals surface area contributed by atoms with Crippen molar-refractivity contribution < 1.29 is 0 Å². The molecule has 1 aromatic carbocycles. The second-order valence-corrected chi connectivity index (χ2v) is 7.95. The minimum Gasteiger partial charge on any atom is -0.337 e. The number of aromatic amines is 1. The van der Waals surface area contributed by atoms with Crippen LogP contribution < -0.4 is 5.69 Å². The van der Waals surface area contributed by atoms with Gasteiger partial charge in [-0.3, -0.25) is 14.1 Å². The Labute approximate surface area is 190 Å². The van der Waals surface area contributed by atoms with Crippen LogP contribution in [0, 0.1) is 0 Å². The van der Waals surface area contributed by atoms with E-state index in [1.54, 1.807) is 10.8 Å². The molecule has 4 aromatic heterocycles. The van der Waals surface area contributed by atoms with Gasteiger partial charge in [0, 0.05) is 36.9 Å². The van der Waals surface area contributed by atoms with Gasteiger partial charge in [0.15, 0.2) is 5.82 Å². The van der Waals surface area contributed by atoms with Crippen LogP contribution >= 0.6 is 0 Å². The van der Waals surface area contributed by atoms with Crippen molar-refractivity contribution in [2.24, 2.45) is 7.05 Å². The number of rotatable bonds is 7. The largest absolute Gasteiger partial charge is 0.337 e. The Morgan fingerprint density at radius 2 is 1.88 bits per heavy atom. The summed E-state index contributed by atoms with van der Waals surface area (Å²) in [4.78, 5) is 17.9. The summed E-state index contributed by atoms with van der Waals surface area (Å²) in [5, 5.41) is 14.1. The zero-order chi connectivity index (χ0) is 22.8. The molecule has 0 radical (unpaired) electrons. The van der Waals surface area contributed by atoms with Gasteiger partial charge in [0.25, 0.3) is 0 Å². The van der Waals surface area contributed by atoms with Gasteiger partial charge < -0.3 is 4.57 Å². The molecule has 0 saturated heterocycles. The number of nitrogens with zero attached hydrogens (tertiary/aromatic N) is 7. The summed E-state index contributed by atoms with van der Waals surface area (Å²) in [6.07, 6.45) is 7.44. The highest BCUT2D eigenvalue weighted by molar-refractivity contribution is 5.70. The highest BCUT2D eigenvalue weighted by Gasteiger charge is 2.15. The van der Waals surface area contributed by atoms with E-state index < -0.39 is 0 Å². The fourth-order valence-electron chi connectivity index (χ4n) is 4.05. The zero-order valence-electron chi connectivity index (χ0n) is 18.5. The molecular weight excluding hydrogens is 416 g/mol. The summed E-state index contributed by atoms with van der Waals surface area (Å²) >= 11 is 0. The first-order valence-corrected chi connectivity index (χ1v) is 10.9. The van der Waals surface area contributed by atoms with E-state index in [9.17, 15) is 4.79 Å². The van der Waals surface area contributed by atoms with Crippen molar-refractivity contribution in [1.29, 1.82) is 0 Å². The molecule has 0 aliphatic heterocycles.